The van der Waals surface area contributed by atoms with Crippen molar-refractivity contribution in [3.63, 3.8) is 0 Å². The number of methoxy groups -OCH3 is 1. The standard InChI is InChI=1S/C16H26N2OS/c1-16(2,15(17)20)10-5-11-18(3)12-13-6-8-14(19-4)9-7-13/h6-9H,5,10-12H2,1-4H3,(H2,17,20). The van der Waals surface area contributed by atoms with Crippen LogP contribution in [-0.2, 0) is 6.54 Å². The van der Waals surface area contributed by atoms with Crippen molar-refractivity contribution >= 4 is 17.2 Å². The molecule has 0 heterocycles. The molecule has 0 aromatic heterocycles. The molecule has 0 bridgehead atoms. The highest BCUT2D eigenvalue weighted by atomic mass is 32.1. The molecule has 1 aromatic carbocycles. The second-order valence-corrected chi connectivity index (χ2v) is 6.38. The lowest BCUT2D eigenvalue weighted by atomic mass is 9.88. The van der Waals surface area contributed by atoms with Crippen LogP contribution in [0.2, 0.25) is 0 Å². The van der Waals surface area contributed by atoms with E-state index in [0.29, 0.717) is 4.99 Å². The zero-order valence-corrected chi connectivity index (χ0v) is 13.8. The average Bonchev–Trinajstić information content (AvgIpc) is 2.39. The lowest BCUT2D eigenvalue weighted by Gasteiger charge is -2.24. The van der Waals surface area contributed by atoms with Gasteiger partial charge in [0.1, 0.15) is 5.75 Å². The Morgan fingerprint density at radius 1 is 1.30 bits per heavy atom. The van der Waals surface area contributed by atoms with Gasteiger partial charge in [0.05, 0.1) is 12.1 Å². The number of thiocarbonyl (C=S) groups is 1. The molecule has 20 heavy (non-hydrogen) atoms. The van der Waals surface area contributed by atoms with Crippen LogP contribution < -0.4 is 10.5 Å². The monoisotopic (exact) mass is 294 g/mol. The average molecular weight is 294 g/mol. The Bertz CT molecular complexity index is 429. The molecule has 0 atom stereocenters. The van der Waals surface area contributed by atoms with Gasteiger partial charge in [0, 0.05) is 12.0 Å². The molecular formula is C16H26N2OS. The minimum Gasteiger partial charge on any atom is -0.497 e. The SMILES string of the molecule is COc1ccc(CN(C)CCCC(C)(C)C(N)=S)cc1. The number of nitrogens with two attached hydrogens (primary N) is 1. The van der Waals surface area contributed by atoms with E-state index in [9.17, 15) is 0 Å². The molecule has 112 valence electrons. The fourth-order valence-corrected chi connectivity index (χ4v) is 2.14. The molecular weight excluding hydrogens is 268 g/mol. The molecule has 0 radical (unpaired) electrons. The van der Waals surface area contributed by atoms with Gasteiger partial charge >= 0.3 is 0 Å². The summed E-state index contributed by atoms with van der Waals surface area (Å²) in [7, 11) is 3.82. The molecule has 0 saturated heterocycles. The van der Waals surface area contributed by atoms with Crippen LogP contribution in [0.25, 0.3) is 0 Å². The van der Waals surface area contributed by atoms with E-state index >= 15 is 0 Å². The van der Waals surface area contributed by atoms with Gasteiger partial charge in [-0.25, -0.2) is 0 Å². The van der Waals surface area contributed by atoms with Gasteiger partial charge in [-0.2, -0.15) is 0 Å². The van der Waals surface area contributed by atoms with Crippen LogP contribution in [0.5, 0.6) is 5.75 Å². The van der Waals surface area contributed by atoms with E-state index < -0.39 is 0 Å². The Labute approximate surface area is 128 Å². The molecule has 1 aromatic rings. The Morgan fingerprint density at radius 2 is 1.90 bits per heavy atom. The summed E-state index contributed by atoms with van der Waals surface area (Å²) in [6, 6.07) is 8.21. The summed E-state index contributed by atoms with van der Waals surface area (Å²) < 4.78 is 5.16. The summed E-state index contributed by atoms with van der Waals surface area (Å²) in [5.74, 6) is 0.898. The lowest BCUT2D eigenvalue weighted by molar-refractivity contribution is 0.301. The first-order valence-electron chi connectivity index (χ1n) is 6.96. The number of benzene rings is 1. The molecule has 1 rings (SSSR count). The van der Waals surface area contributed by atoms with Gasteiger partial charge in [-0.1, -0.05) is 38.2 Å². The van der Waals surface area contributed by atoms with E-state index in [2.05, 4.69) is 37.9 Å². The zero-order chi connectivity index (χ0) is 15.2. The molecule has 0 aliphatic carbocycles. The van der Waals surface area contributed by atoms with Crippen LogP contribution in [0, 0.1) is 5.41 Å². The third-order valence-electron chi connectivity index (χ3n) is 3.62. The van der Waals surface area contributed by atoms with Crippen LogP contribution in [0.15, 0.2) is 24.3 Å². The minimum atomic E-state index is -0.0454. The van der Waals surface area contributed by atoms with Crippen molar-refractivity contribution in [3.8, 4) is 5.75 Å². The molecule has 0 aliphatic heterocycles. The van der Waals surface area contributed by atoms with Gasteiger partial charge in [0.2, 0.25) is 0 Å². The molecule has 0 amide bonds. The smallest absolute Gasteiger partial charge is 0.118 e. The fraction of sp³-hybridized carbons (Fsp3) is 0.562. The predicted molar refractivity (Wildman–Crippen MR) is 89.1 cm³/mol. The van der Waals surface area contributed by atoms with Gasteiger partial charge < -0.3 is 15.4 Å². The maximum Gasteiger partial charge on any atom is 0.118 e. The first kappa shape index (κ1) is 16.9. The molecule has 0 unspecified atom stereocenters. The van der Waals surface area contributed by atoms with Gasteiger partial charge in [0.15, 0.2) is 0 Å². The Kier molecular flexibility index (Phi) is 6.43. The Hall–Kier alpha value is -1.13. The minimum absolute atomic E-state index is 0.0454. The number of hydrogen-bond acceptors (Lipinski definition) is 3. The number of rotatable bonds is 8. The van der Waals surface area contributed by atoms with Crippen LogP contribution in [0.3, 0.4) is 0 Å². The van der Waals surface area contributed by atoms with Crippen molar-refractivity contribution in [2.24, 2.45) is 11.1 Å². The predicted octanol–water partition coefficient (Wildman–Crippen LogP) is 3.22. The third kappa shape index (κ3) is 5.47. The van der Waals surface area contributed by atoms with E-state index in [1.165, 1.54) is 5.56 Å². The van der Waals surface area contributed by atoms with E-state index in [4.69, 9.17) is 22.7 Å². The number of ether oxygens (including phenoxy) is 1. The molecule has 0 saturated carbocycles. The molecule has 3 nitrogen and oxygen atoms in total. The topological polar surface area (TPSA) is 38.5 Å². The second-order valence-electron chi connectivity index (χ2n) is 5.94. The Morgan fingerprint density at radius 3 is 2.40 bits per heavy atom. The van der Waals surface area contributed by atoms with Crippen molar-refractivity contribution in [2.45, 2.75) is 33.2 Å². The maximum absolute atomic E-state index is 5.74. The lowest BCUT2D eigenvalue weighted by Crippen LogP contribution is -2.30. The van der Waals surface area contributed by atoms with Crippen LogP contribution in [0.1, 0.15) is 32.3 Å². The highest BCUT2D eigenvalue weighted by Crippen LogP contribution is 2.22. The van der Waals surface area contributed by atoms with Gasteiger partial charge in [-0.3, -0.25) is 0 Å². The molecule has 0 spiro atoms. The van der Waals surface area contributed by atoms with Gasteiger partial charge in [-0.05, 0) is 44.1 Å². The van der Waals surface area contributed by atoms with Crippen LogP contribution in [0.4, 0.5) is 0 Å². The van der Waals surface area contributed by atoms with Crippen molar-refractivity contribution in [3.05, 3.63) is 29.8 Å². The highest BCUT2D eigenvalue weighted by molar-refractivity contribution is 7.80. The summed E-state index contributed by atoms with van der Waals surface area (Å²) in [4.78, 5) is 2.92. The summed E-state index contributed by atoms with van der Waals surface area (Å²) in [6.45, 7) is 6.20. The van der Waals surface area contributed by atoms with Crippen molar-refractivity contribution < 1.29 is 4.74 Å². The summed E-state index contributed by atoms with van der Waals surface area (Å²) in [5, 5.41) is 0. The van der Waals surface area contributed by atoms with E-state index in [1.54, 1.807) is 7.11 Å². The first-order valence-corrected chi connectivity index (χ1v) is 7.37. The molecule has 0 fully saturated rings. The van der Waals surface area contributed by atoms with Crippen LogP contribution >= 0.6 is 12.2 Å². The van der Waals surface area contributed by atoms with Crippen molar-refractivity contribution in [2.75, 3.05) is 20.7 Å². The second kappa shape index (κ2) is 7.60. The maximum atomic E-state index is 5.74. The van der Waals surface area contributed by atoms with E-state index in [1.807, 2.05) is 12.1 Å². The molecule has 2 N–H and O–H groups in total. The fourth-order valence-electron chi connectivity index (χ4n) is 2.04. The summed E-state index contributed by atoms with van der Waals surface area (Å²) in [5.41, 5.74) is 6.99. The first-order chi connectivity index (χ1) is 9.35. The largest absolute Gasteiger partial charge is 0.497 e. The van der Waals surface area contributed by atoms with E-state index in [0.717, 1.165) is 31.7 Å². The summed E-state index contributed by atoms with van der Waals surface area (Å²) in [6.07, 6.45) is 2.12. The number of nitrogens with zero attached hydrogens (tertiary/aromatic N) is 1. The molecule has 0 aliphatic rings. The van der Waals surface area contributed by atoms with Crippen molar-refractivity contribution in [1.82, 2.24) is 4.90 Å². The van der Waals surface area contributed by atoms with E-state index in [-0.39, 0.29) is 5.41 Å². The molecule has 4 heteroatoms. The van der Waals surface area contributed by atoms with Gasteiger partial charge in [0.25, 0.3) is 0 Å². The van der Waals surface area contributed by atoms with Crippen LogP contribution in [-0.4, -0.2) is 30.6 Å². The highest BCUT2D eigenvalue weighted by Gasteiger charge is 2.20. The normalized spacial score (nSPS) is 11.7. The van der Waals surface area contributed by atoms with Gasteiger partial charge in [-0.15, -0.1) is 0 Å². The summed E-state index contributed by atoms with van der Waals surface area (Å²) >= 11 is 5.09. The quantitative estimate of drug-likeness (QED) is 0.747. The number of hydrogen-bond donors (Lipinski definition) is 1. The van der Waals surface area contributed by atoms with Crippen molar-refractivity contribution in [1.29, 1.82) is 0 Å². The third-order valence-corrected chi connectivity index (χ3v) is 4.17. The zero-order valence-electron chi connectivity index (χ0n) is 13.0. The Balaban J connectivity index is 2.36.